The zero-order valence-electron chi connectivity index (χ0n) is 13.7. The molecular formula is C13H21N7O2S. The Hall–Kier alpha value is -2.10. The predicted octanol–water partition coefficient (Wildman–Crippen LogP) is 0.0834. The number of imide groups is 1. The summed E-state index contributed by atoms with van der Waals surface area (Å²) >= 11 is 1.53. The number of hydrogen-bond acceptors (Lipinski definition) is 8. The molecule has 0 radical (unpaired) electrons. The Bertz CT molecular complexity index is 620. The van der Waals surface area contributed by atoms with E-state index in [1.54, 1.807) is 18.7 Å². The Kier molecular flexibility index (Phi) is 4.93. The normalized spacial score (nSPS) is 16.6. The molecular weight excluding hydrogens is 318 g/mol. The van der Waals surface area contributed by atoms with Gasteiger partial charge in [0, 0.05) is 26.4 Å². The number of nitrogens with one attached hydrogen (secondary N) is 1. The topological polar surface area (TPSA) is 117 Å². The maximum atomic E-state index is 12.0. The van der Waals surface area contributed by atoms with Crippen LogP contribution in [0.3, 0.4) is 0 Å². The lowest BCUT2D eigenvalue weighted by molar-refractivity contribution is -0.130. The molecule has 10 heteroatoms. The summed E-state index contributed by atoms with van der Waals surface area (Å²) in [6.45, 7) is 3.73. The molecule has 1 aromatic rings. The van der Waals surface area contributed by atoms with Gasteiger partial charge in [0.25, 0.3) is 5.91 Å². The Morgan fingerprint density at radius 3 is 2.52 bits per heavy atom. The van der Waals surface area contributed by atoms with Gasteiger partial charge in [0.1, 0.15) is 11.4 Å². The second kappa shape index (κ2) is 6.57. The Balaban J connectivity index is 1.87. The van der Waals surface area contributed by atoms with E-state index >= 15 is 0 Å². The molecule has 0 unspecified atom stereocenters. The van der Waals surface area contributed by atoms with E-state index in [9.17, 15) is 9.59 Å². The zero-order chi connectivity index (χ0) is 17.2. The second-order valence-electron chi connectivity index (χ2n) is 5.87. The van der Waals surface area contributed by atoms with E-state index < -0.39 is 5.54 Å². The molecule has 0 saturated carbocycles. The van der Waals surface area contributed by atoms with Gasteiger partial charge in [0.05, 0.1) is 5.75 Å². The minimum atomic E-state index is -0.828. The molecule has 0 aromatic carbocycles. The zero-order valence-corrected chi connectivity index (χ0v) is 14.5. The molecule has 126 valence electrons. The quantitative estimate of drug-likeness (QED) is 0.553. The number of amides is 3. The summed E-state index contributed by atoms with van der Waals surface area (Å²) in [6.07, 6.45) is 0. The van der Waals surface area contributed by atoms with E-state index in [1.807, 2.05) is 14.1 Å². The highest BCUT2D eigenvalue weighted by Gasteiger charge is 2.43. The number of thioether (sulfide) groups is 1. The summed E-state index contributed by atoms with van der Waals surface area (Å²) in [5, 5.41) is 2.65. The third kappa shape index (κ3) is 4.01. The smallest absolute Gasteiger partial charge is 0.325 e. The maximum absolute atomic E-state index is 12.0. The van der Waals surface area contributed by atoms with Gasteiger partial charge < -0.3 is 16.0 Å². The molecule has 9 nitrogen and oxygen atoms in total. The molecule has 1 aliphatic rings. The van der Waals surface area contributed by atoms with Gasteiger partial charge >= 0.3 is 6.03 Å². The Labute approximate surface area is 139 Å². The highest BCUT2D eigenvalue weighted by atomic mass is 32.2. The van der Waals surface area contributed by atoms with Crippen LogP contribution in [0.1, 0.15) is 19.7 Å². The first-order chi connectivity index (χ1) is 10.7. The first-order valence-corrected chi connectivity index (χ1v) is 8.26. The lowest BCUT2D eigenvalue weighted by atomic mass is 10.1. The summed E-state index contributed by atoms with van der Waals surface area (Å²) in [4.78, 5) is 39.2. The van der Waals surface area contributed by atoms with Gasteiger partial charge in [0.2, 0.25) is 11.9 Å². The Morgan fingerprint density at radius 1 is 1.26 bits per heavy atom. The van der Waals surface area contributed by atoms with Crippen LogP contribution in [0.4, 0.5) is 16.7 Å². The average molecular weight is 339 g/mol. The van der Waals surface area contributed by atoms with E-state index in [4.69, 9.17) is 5.73 Å². The van der Waals surface area contributed by atoms with Gasteiger partial charge in [-0.2, -0.15) is 26.7 Å². The van der Waals surface area contributed by atoms with E-state index in [-0.39, 0.29) is 17.9 Å². The summed E-state index contributed by atoms with van der Waals surface area (Å²) in [6, 6.07) is -0.347. The minimum Gasteiger partial charge on any atom is -0.368 e. The van der Waals surface area contributed by atoms with Gasteiger partial charge in [0.15, 0.2) is 0 Å². The standard InChI is InChI=1S/C13H21N7O2S/c1-13(2)9(21)20(12(22)18-13)5-6-23-7-8-15-10(14)17-11(16-8)19(3)4/h5-7H2,1-4H3,(H,18,22)(H2,14,15,16,17). The fourth-order valence-corrected chi connectivity index (χ4v) is 2.80. The number of rotatable bonds is 6. The minimum absolute atomic E-state index is 0.176. The molecule has 1 aromatic heterocycles. The monoisotopic (exact) mass is 339 g/mol. The van der Waals surface area contributed by atoms with Crippen LogP contribution in [0.2, 0.25) is 0 Å². The third-order valence-electron chi connectivity index (χ3n) is 3.22. The second-order valence-corrected chi connectivity index (χ2v) is 6.97. The summed E-state index contributed by atoms with van der Waals surface area (Å²) in [5.74, 6) is 2.17. The fraction of sp³-hybridized carbons (Fsp3) is 0.615. The van der Waals surface area contributed by atoms with Crippen molar-refractivity contribution in [1.29, 1.82) is 0 Å². The van der Waals surface area contributed by atoms with Gasteiger partial charge in [-0.05, 0) is 13.8 Å². The first-order valence-electron chi connectivity index (χ1n) is 7.10. The highest BCUT2D eigenvalue weighted by Crippen LogP contribution is 2.18. The number of carbonyl (C=O) groups excluding carboxylic acids is 2. The number of hydrogen-bond donors (Lipinski definition) is 2. The molecule has 0 spiro atoms. The SMILES string of the molecule is CN(C)c1nc(N)nc(CSCCN2C(=O)NC(C)(C)C2=O)n1. The molecule has 3 amide bonds. The summed E-state index contributed by atoms with van der Waals surface area (Å²) in [7, 11) is 3.65. The van der Waals surface area contributed by atoms with Crippen LogP contribution >= 0.6 is 11.8 Å². The van der Waals surface area contributed by atoms with Crippen molar-refractivity contribution in [2.75, 3.05) is 37.0 Å². The summed E-state index contributed by atoms with van der Waals surface area (Å²) in [5.41, 5.74) is 4.83. The highest BCUT2D eigenvalue weighted by molar-refractivity contribution is 7.98. The Morgan fingerprint density at radius 2 is 1.96 bits per heavy atom. The van der Waals surface area contributed by atoms with Crippen molar-refractivity contribution in [3.8, 4) is 0 Å². The van der Waals surface area contributed by atoms with Crippen molar-refractivity contribution in [3.05, 3.63) is 5.82 Å². The van der Waals surface area contributed by atoms with Gasteiger partial charge in [-0.25, -0.2) is 4.79 Å². The number of aromatic nitrogens is 3. The molecule has 0 atom stereocenters. The van der Waals surface area contributed by atoms with Crippen LogP contribution in [0.5, 0.6) is 0 Å². The molecule has 0 bridgehead atoms. The third-order valence-corrected chi connectivity index (χ3v) is 4.16. The van der Waals surface area contributed by atoms with E-state index in [0.29, 0.717) is 29.8 Å². The molecule has 0 aliphatic carbocycles. The predicted molar refractivity (Wildman–Crippen MR) is 89.1 cm³/mol. The largest absolute Gasteiger partial charge is 0.368 e. The van der Waals surface area contributed by atoms with Crippen molar-refractivity contribution in [2.24, 2.45) is 0 Å². The number of nitrogens with zero attached hydrogens (tertiary/aromatic N) is 5. The molecule has 2 heterocycles. The number of nitrogens with two attached hydrogens (primary N) is 1. The van der Waals surface area contributed by atoms with Crippen molar-refractivity contribution in [3.63, 3.8) is 0 Å². The van der Waals surface area contributed by atoms with Gasteiger partial charge in [-0.3, -0.25) is 9.69 Å². The van der Waals surface area contributed by atoms with Crippen LogP contribution in [-0.2, 0) is 10.5 Å². The average Bonchev–Trinajstić information content (AvgIpc) is 2.64. The molecule has 1 saturated heterocycles. The van der Waals surface area contributed by atoms with Crippen LogP contribution in [-0.4, -0.2) is 63.7 Å². The number of nitrogen functional groups attached to an aromatic ring is 1. The molecule has 3 N–H and O–H groups in total. The van der Waals surface area contributed by atoms with Crippen LogP contribution in [0.25, 0.3) is 0 Å². The van der Waals surface area contributed by atoms with Crippen molar-refractivity contribution >= 4 is 35.6 Å². The number of carbonyl (C=O) groups is 2. The molecule has 2 rings (SSSR count). The molecule has 1 aliphatic heterocycles. The van der Waals surface area contributed by atoms with Crippen molar-refractivity contribution in [2.45, 2.75) is 25.1 Å². The fourth-order valence-electron chi connectivity index (χ4n) is 2.03. The lowest BCUT2D eigenvalue weighted by Gasteiger charge is -2.15. The number of urea groups is 1. The lowest BCUT2D eigenvalue weighted by Crippen LogP contribution is -2.40. The number of anilines is 2. The molecule has 23 heavy (non-hydrogen) atoms. The summed E-state index contributed by atoms with van der Waals surface area (Å²) < 4.78 is 0. The van der Waals surface area contributed by atoms with Crippen LogP contribution in [0, 0.1) is 0 Å². The van der Waals surface area contributed by atoms with Gasteiger partial charge in [-0.1, -0.05) is 0 Å². The van der Waals surface area contributed by atoms with Crippen LogP contribution in [0.15, 0.2) is 0 Å². The van der Waals surface area contributed by atoms with Crippen LogP contribution < -0.4 is 16.0 Å². The van der Waals surface area contributed by atoms with Crippen molar-refractivity contribution in [1.82, 2.24) is 25.2 Å². The molecule has 1 fully saturated rings. The first kappa shape index (κ1) is 17.3. The maximum Gasteiger partial charge on any atom is 0.325 e. The van der Waals surface area contributed by atoms with E-state index in [0.717, 1.165) is 0 Å². The van der Waals surface area contributed by atoms with Gasteiger partial charge in [-0.15, -0.1) is 0 Å². The van der Waals surface area contributed by atoms with Crippen molar-refractivity contribution < 1.29 is 9.59 Å². The van der Waals surface area contributed by atoms with E-state index in [1.165, 1.54) is 16.7 Å². The van der Waals surface area contributed by atoms with E-state index in [2.05, 4.69) is 20.3 Å².